The lowest BCUT2D eigenvalue weighted by molar-refractivity contribution is 0.172. The molecule has 11 heteroatoms. The van der Waals surface area contributed by atoms with Crippen molar-refractivity contribution >= 4 is 32.8 Å². The number of fused-ring (bicyclic) bond motifs is 1. The molecule has 172 valence electrons. The third kappa shape index (κ3) is 4.67. The Morgan fingerprint density at radius 1 is 1.27 bits per heavy atom. The van der Waals surface area contributed by atoms with E-state index in [1.807, 2.05) is 0 Å². The Kier molecular flexibility index (Phi) is 6.44. The van der Waals surface area contributed by atoms with E-state index in [0.717, 1.165) is 0 Å². The number of nitrogens with zero attached hydrogens (tertiary/aromatic N) is 2. The van der Waals surface area contributed by atoms with E-state index in [-0.39, 0.29) is 23.3 Å². The number of ether oxygens (including phenoxy) is 1. The first-order valence-electron chi connectivity index (χ1n) is 9.70. The van der Waals surface area contributed by atoms with Gasteiger partial charge in [0.25, 0.3) is 0 Å². The second kappa shape index (κ2) is 8.93. The zero-order valence-electron chi connectivity index (χ0n) is 18.4. The lowest BCUT2D eigenvalue weighted by Gasteiger charge is -2.15. The van der Waals surface area contributed by atoms with Crippen LogP contribution in [0.25, 0.3) is 11.0 Å². The molecular weight excluding hydrogens is 448 g/mol. The van der Waals surface area contributed by atoms with E-state index < -0.39 is 26.6 Å². The fourth-order valence-corrected chi connectivity index (χ4v) is 4.22. The molecule has 3 N–H and O–H groups in total. The number of hydrogen-bond acceptors (Lipinski definition) is 8. The number of benzene rings is 2. The first-order valence-corrected chi connectivity index (χ1v) is 11.2. The standard InChI is InChI=1S/C22H22N4O6S/c1-12-7-14(11-23)13(9-18(12)24)8-17-16-6-5-15(31-22(28)26(3)4)10-19(16)32-21(27)20(17)33(29,30)25-2/h5-7,9-10,25H,8,24H2,1-4H3. The molecule has 10 nitrogen and oxygen atoms in total. The molecule has 0 fully saturated rings. The maximum Gasteiger partial charge on any atom is 0.414 e. The SMILES string of the molecule is CNS(=O)(=O)c1c(Cc2cc(N)c(C)cc2C#N)c2ccc(OC(=O)N(C)C)cc2oc1=O. The predicted molar refractivity (Wildman–Crippen MR) is 122 cm³/mol. The van der Waals surface area contributed by atoms with Gasteiger partial charge in [0.05, 0.1) is 11.6 Å². The molecule has 0 aliphatic rings. The van der Waals surface area contributed by atoms with Gasteiger partial charge in [-0.05, 0) is 54.9 Å². The molecule has 0 radical (unpaired) electrons. The molecule has 0 atom stereocenters. The van der Waals surface area contributed by atoms with Gasteiger partial charge in [-0.25, -0.2) is 22.7 Å². The first kappa shape index (κ1) is 23.8. The predicted octanol–water partition coefficient (Wildman–Crippen LogP) is 2.11. The van der Waals surface area contributed by atoms with E-state index >= 15 is 0 Å². The zero-order chi connectivity index (χ0) is 24.5. The van der Waals surface area contributed by atoms with Crippen LogP contribution in [-0.2, 0) is 16.4 Å². The van der Waals surface area contributed by atoms with Gasteiger partial charge in [0.2, 0.25) is 10.0 Å². The molecule has 2 aromatic carbocycles. The number of nitriles is 1. The molecule has 0 unspecified atom stereocenters. The number of anilines is 1. The number of aryl methyl sites for hydroxylation is 1. The fourth-order valence-electron chi connectivity index (χ4n) is 3.25. The van der Waals surface area contributed by atoms with E-state index in [0.29, 0.717) is 27.8 Å². The third-order valence-corrected chi connectivity index (χ3v) is 6.52. The van der Waals surface area contributed by atoms with Crippen molar-refractivity contribution in [1.82, 2.24) is 9.62 Å². The number of carbonyl (C=O) groups is 1. The number of nitrogens with two attached hydrogens (primary N) is 1. The maximum atomic E-state index is 12.8. The Bertz CT molecular complexity index is 1470. The number of nitrogens with one attached hydrogen (secondary N) is 1. The van der Waals surface area contributed by atoms with Gasteiger partial charge >= 0.3 is 11.7 Å². The smallest absolute Gasteiger partial charge is 0.414 e. The fraction of sp³-hybridized carbons (Fsp3) is 0.227. The number of rotatable bonds is 5. The van der Waals surface area contributed by atoms with Crippen molar-refractivity contribution in [1.29, 1.82) is 5.26 Å². The summed E-state index contributed by atoms with van der Waals surface area (Å²) in [6.07, 6.45) is -0.720. The van der Waals surface area contributed by atoms with Gasteiger partial charge in [-0.3, -0.25) is 0 Å². The molecule has 33 heavy (non-hydrogen) atoms. The minimum Gasteiger partial charge on any atom is -0.422 e. The van der Waals surface area contributed by atoms with Gasteiger partial charge in [0.1, 0.15) is 11.3 Å². The van der Waals surface area contributed by atoms with Crippen molar-refractivity contribution in [3.8, 4) is 11.8 Å². The molecule has 1 aromatic heterocycles. The van der Waals surface area contributed by atoms with Crippen molar-refractivity contribution in [3.63, 3.8) is 0 Å². The summed E-state index contributed by atoms with van der Waals surface area (Å²) in [5, 5.41) is 9.87. The number of carbonyl (C=O) groups excluding carboxylic acids is 1. The summed E-state index contributed by atoms with van der Waals surface area (Å²) in [6.45, 7) is 1.75. The maximum absolute atomic E-state index is 12.8. The van der Waals surface area contributed by atoms with Crippen molar-refractivity contribution in [3.05, 3.63) is 63.0 Å². The summed E-state index contributed by atoms with van der Waals surface area (Å²) in [7, 11) is -0.0131. The number of hydrogen-bond donors (Lipinski definition) is 2. The third-order valence-electron chi connectivity index (χ3n) is 5.03. The number of amides is 1. The summed E-state index contributed by atoms with van der Waals surface area (Å²) < 4.78 is 38.0. The van der Waals surface area contributed by atoms with Crippen LogP contribution in [0.3, 0.4) is 0 Å². The normalized spacial score (nSPS) is 11.2. The van der Waals surface area contributed by atoms with Gasteiger partial charge in [0, 0.05) is 37.7 Å². The molecule has 0 aliphatic heterocycles. The van der Waals surface area contributed by atoms with E-state index in [4.69, 9.17) is 14.9 Å². The van der Waals surface area contributed by atoms with Gasteiger partial charge in [-0.1, -0.05) is 0 Å². The summed E-state index contributed by atoms with van der Waals surface area (Å²) in [4.78, 5) is 25.3. The van der Waals surface area contributed by atoms with Crippen LogP contribution in [0.2, 0.25) is 0 Å². The van der Waals surface area contributed by atoms with Crippen LogP contribution >= 0.6 is 0 Å². The first-order chi connectivity index (χ1) is 15.5. The van der Waals surface area contributed by atoms with Gasteiger partial charge in [-0.15, -0.1) is 0 Å². The topological polar surface area (TPSA) is 156 Å². The quantitative estimate of drug-likeness (QED) is 0.424. The minimum absolute atomic E-state index is 0.0210. The molecule has 0 spiro atoms. The highest BCUT2D eigenvalue weighted by molar-refractivity contribution is 7.89. The molecular formula is C22H22N4O6S. The second-order valence-electron chi connectivity index (χ2n) is 7.48. The van der Waals surface area contributed by atoms with Crippen LogP contribution in [0.4, 0.5) is 10.5 Å². The van der Waals surface area contributed by atoms with Crippen molar-refractivity contribution in [2.45, 2.75) is 18.2 Å². The van der Waals surface area contributed by atoms with Crippen LogP contribution in [0.1, 0.15) is 22.3 Å². The average molecular weight is 471 g/mol. The van der Waals surface area contributed by atoms with Gasteiger partial charge < -0.3 is 19.8 Å². The molecule has 3 rings (SSSR count). The van der Waals surface area contributed by atoms with Gasteiger partial charge in [-0.2, -0.15) is 5.26 Å². The highest BCUT2D eigenvalue weighted by Gasteiger charge is 2.26. The van der Waals surface area contributed by atoms with E-state index in [2.05, 4.69) is 10.8 Å². The van der Waals surface area contributed by atoms with Crippen molar-refractivity contribution < 1.29 is 22.4 Å². The molecule has 3 aromatic rings. The molecule has 0 saturated heterocycles. The second-order valence-corrected chi connectivity index (χ2v) is 9.30. The molecule has 0 aliphatic carbocycles. The highest BCUT2D eigenvalue weighted by atomic mass is 32.2. The Morgan fingerprint density at radius 2 is 1.97 bits per heavy atom. The van der Waals surface area contributed by atoms with Crippen LogP contribution in [0.15, 0.2) is 44.4 Å². The van der Waals surface area contributed by atoms with Crippen LogP contribution in [0.5, 0.6) is 5.75 Å². The summed E-state index contributed by atoms with van der Waals surface area (Å²) in [5.74, 6) is 0.108. The van der Waals surface area contributed by atoms with Crippen LogP contribution in [-0.4, -0.2) is 40.6 Å². The molecule has 1 amide bonds. The van der Waals surface area contributed by atoms with Crippen LogP contribution < -0.4 is 20.8 Å². The van der Waals surface area contributed by atoms with Crippen molar-refractivity contribution in [2.24, 2.45) is 0 Å². The lowest BCUT2D eigenvalue weighted by atomic mass is 9.96. The Balaban J connectivity index is 2.30. The Hall–Kier alpha value is -3.88. The summed E-state index contributed by atoms with van der Waals surface area (Å²) >= 11 is 0. The average Bonchev–Trinajstić information content (AvgIpc) is 2.75. The number of nitrogen functional groups attached to an aromatic ring is 1. The lowest BCUT2D eigenvalue weighted by Crippen LogP contribution is -2.27. The highest BCUT2D eigenvalue weighted by Crippen LogP contribution is 2.30. The van der Waals surface area contributed by atoms with Crippen LogP contribution in [0, 0.1) is 18.3 Å². The van der Waals surface area contributed by atoms with E-state index in [1.165, 1.54) is 44.2 Å². The largest absolute Gasteiger partial charge is 0.422 e. The van der Waals surface area contributed by atoms with Gasteiger partial charge in [0.15, 0.2) is 4.90 Å². The zero-order valence-corrected chi connectivity index (χ0v) is 19.2. The summed E-state index contributed by atoms with van der Waals surface area (Å²) in [5.41, 5.74) is 6.93. The van der Waals surface area contributed by atoms with E-state index in [1.54, 1.807) is 19.1 Å². The summed E-state index contributed by atoms with van der Waals surface area (Å²) in [6, 6.07) is 9.53. The minimum atomic E-state index is -4.21. The number of sulfonamides is 1. The Morgan fingerprint density at radius 3 is 2.58 bits per heavy atom. The monoisotopic (exact) mass is 470 g/mol. The van der Waals surface area contributed by atoms with E-state index in [9.17, 15) is 23.3 Å². The van der Waals surface area contributed by atoms with Crippen molar-refractivity contribution in [2.75, 3.05) is 26.9 Å². The molecule has 0 saturated carbocycles. The Labute approximate surface area is 190 Å². The molecule has 1 heterocycles. The molecule has 0 bridgehead atoms.